The molecule has 3 aromatic heterocycles. The Kier molecular flexibility index (Phi) is 6.01. The Hall–Kier alpha value is -3.01. The van der Waals surface area contributed by atoms with Gasteiger partial charge in [0.1, 0.15) is 0 Å². The summed E-state index contributed by atoms with van der Waals surface area (Å²) in [7, 11) is 3.78. The van der Waals surface area contributed by atoms with Crippen LogP contribution in [0.2, 0.25) is 0 Å². The molecule has 4 heterocycles. The zero-order chi connectivity index (χ0) is 22.9. The van der Waals surface area contributed by atoms with Gasteiger partial charge >= 0.3 is 0 Å². The number of nitrogens with one attached hydrogen (secondary N) is 2. The molecule has 0 aliphatic carbocycles. The highest BCUT2D eigenvalue weighted by molar-refractivity contribution is 7.09. The molecule has 8 nitrogen and oxygen atoms in total. The molecule has 4 aromatic rings. The molecule has 172 valence electrons. The Balaban J connectivity index is 1.46. The van der Waals surface area contributed by atoms with Gasteiger partial charge in [0.2, 0.25) is 0 Å². The van der Waals surface area contributed by atoms with E-state index < -0.39 is 0 Å². The molecule has 1 fully saturated rings. The minimum atomic E-state index is -0.239. The van der Waals surface area contributed by atoms with Gasteiger partial charge in [0.15, 0.2) is 5.69 Å². The number of fused-ring (bicyclic) bond motifs is 2. The van der Waals surface area contributed by atoms with E-state index in [1.165, 1.54) is 11.3 Å². The molecule has 1 aliphatic rings. The van der Waals surface area contributed by atoms with Crippen LogP contribution in [0.1, 0.15) is 23.2 Å². The predicted molar refractivity (Wildman–Crippen MR) is 131 cm³/mol. The maximum absolute atomic E-state index is 13.5. The van der Waals surface area contributed by atoms with Gasteiger partial charge in [-0.15, -0.1) is 11.3 Å². The summed E-state index contributed by atoms with van der Waals surface area (Å²) < 4.78 is 5.28. The summed E-state index contributed by atoms with van der Waals surface area (Å²) in [6.07, 6.45) is 1.92. The lowest BCUT2D eigenvalue weighted by atomic mass is 10.0. The van der Waals surface area contributed by atoms with Crippen LogP contribution >= 0.6 is 11.3 Å². The first-order valence-corrected chi connectivity index (χ1v) is 12.1. The quantitative estimate of drug-likeness (QED) is 0.456. The average Bonchev–Trinajstić information content (AvgIpc) is 3.45. The van der Waals surface area contributed by atoms with E-state index in [4.69, 9.17) is 4.74 Å². The molecular formula is C24H27N5O3S. The number of amides is 1. The van der Waals surface area contributed by atoms with Gasteiger partial charge in [-0.3, -0.25) is 9.59 Å². The second kappa shape index (κ2) is 9.09. The first-order valence-electron chi connectivity index (χ1n) is 11.1. The summed E-state index contributed by atoms with van der Waals surface area (Å²) >= 11 is 1.50. The van der Waals surface area contributed by atoms with Crippen molar-refractivity contribution in [3.63, 3.8) is 0 Å². The van der Waals surface area contributed by atoms with Crippen molar-refractivity contribution in [3.05, 3.63) is 50.9 Å². The van der Waals surface area contributed by atoms with Crippen molar-refractivity contribution in [2.45, 2.75) is 18.9 Å². The largest absolute Gasteiger partial charge is 0.383 e. The Morgan fingerprint density at radius 3 is 2.82 bits per heavy atom. The normalized spacial score (nSPS) is 15.5. The maximum Gasteiger partial charge on any atom is 0.276 e. The molecule has 2 N–H and O–H groups in total. The fourth-order valence-corrected chi connectivity index (χ4v) is 5.20. The lowest BCUT2D eigenvalue weighted by molar-refractivity contribution is 0.0505. The van der Waals surface area contributed by atoms with Crippen LogP contribution in [0, 0.1) is 0 Å². The third-order valence-corrected chi connectivity index (χ3v) is 7.12. The second-order valence-electron chi connectivity index (χ2n) is 8.60. The molecule has 1 aromatic carbocycles. The van der Waals surface area contributed by atoms with Crippen molar-refractivity contribution in [2.24, 2.45) is 0 Å². The third-order valence-electron chi connectivity index (χ3n) is 6.39. The third kappa shape index (κ3) is 4.31. The highest BCUT2D eigenvalue weighted by atomic mass is 32.1. The monoisotopic (exact) mass is 465 g/mol. The number of methoxy groups -OCH3 is 1. The highest BCUT2D eigenvalue weighted by Crippen LogP contribution is 2.25. The van der Waals surface area contributed by atoms with Crippen molar-refractivity contribution in [1.29, 1.82) is 0 Å². The number of likely N-dealkylation sites (tertiary alicyclic amines) is 1. The number of ether oxygens (including phenoxy) is 1. The minimum absolute atomic E-state index is 0.0157. The van der Waals surface area contributed by atoms with Crippen LogP contribution in [0.25, 0.3) is 33.3 Å². The molecule has 9 heteroatoms. The molecule has 0 spiro atoms. The number of carbonyl (C=O) groups is 1. The second-order valence-corrected chi connectivity index (χ2v) is 9.34. The van der Waals surface area contributed by atoms with E-state index in [2.05, 4.69) is 26.9 Å². The Labute approximate surface area is 195 Å². The number of rotatable bonds is 6. The van der Waals surface area contributed by atoms with E-state index in [1.807, 2.05) is 39.9 Å². The number of piperidine rings is 1. The lowest BCUT2D eigenvalue weighted by Gasteiger charge is -2.37. The number of carbonyl (C=O) groups excluding carboxylic acids is 1. The molecule has 1 saturated heterocycles. The molecule has 0 atom stereocenters. The van der Waals surface area contributed by atoms with Crippen LogP contribution in [-0.2, 0) is 4.74 Å². The molecule has 0 saturated carbocycles. The van der Waals surface area contributed by atoms with Crippen LogP contribution in [0.15, 0.2) is 39.8 Å². The highest BCUT2D eigenvalue weighted by Gasteiger charge is 2.27. The van der Waals surface area contributed by atoms with Gasteiger partial charge in [-0.1, -0.05) is 0 Å². The zero-order valence-corrected chi connectivity index (χ0v) is 19.6. The zero-order valence-electron chi connectivity index (χ0n) is 18.8. The van der Waals surface area contributed by atoms with Crippen LogP contribution in [0.4, 0.5) is 0 Å². The summed E-state index contributed by atoms with van der Waals surface area (Å²) in [6, 6.07) is 7.73. The smallest absolute Gasteiger partial charge is 0.276 e. The van der Waals surface area contributed by atoms with Crippen molar-refractivity contribution in [3.8, 4) is 11.4 Å². The van der Waals surface area contributed by atoms with Gasteiger partial charge in [0.25, 0.3) is 11.5 Å². The van der Waals surface area contributed by atoms with Crippen molar-refractivity contribution < 1.29 is 9.53 Å². The van der Waals surface area contributed by atoms with Crippen LogP contribution < -0.4 is 5.56 Å². The standard InChI is InChI=1S/C24H27N5O3S/c1-28-7-5-17(6-8-28)29(9-10-32-2)24(31)15-3-4-18-16(11-15)12-19(25-18)22-23(30)27-21-14-33-13-20(21)26-22/h3-4,11-14,17,25H,5-10H2,1-2H3,(H,27,30). The van der Waals surface area contributed by atoms with Gasteiger partial charge < -0.3 is 24.5 Å². The number of H-pyrrole nitrogens is 2. The Morgan fingerprint density at radius 2 is 2.03 bits per heavy atom. The fraction of sp³-hybridized carbons (Fsp3) is 0.375. The summed E-state index contributed by atoms with van der Waals surface area (Å²) in [5.41, 5.74) is 3.73. The lowest BCUT2D eigenvalue weighted by Crippen LogP contribution is -2.47. The SMILES string of the molecule is COCCN(C(=O)c1ccc2[nH]c(-c3nc4cscc4[nH]c3=O)cc2c1)C1CCN(C)CC1. The van der Waals surface area contributed by atoms with Gasteiger partial charge in [0, 0.05) is 46.9 Å². The van der Waals surface area contributed by atoms with E-state index in [9.17, 15) is 9.59 Å². The first-order chi connectivity index (χ1) is 16.0. The number of hydrogen-bond donors (Lipinski definition) is 2. The molecule has 0 bridgehead atoms. The van der Waals surface area contributed by atoms with E-state index in [0.717, 1.165) is 47.9 Å². The molecule has 1 amide bonds. The van der Waals surface area contributed by atoms with Crippen molar-refractivity contribution in [2.75, 3.05) is 40.4 Å². The number of nitrogens with zero attached hydrogens (tertiary/aromatic N) is 3. The van der Waals surface area contributed by atoms with Gasteiger partial charge in [0.05, 0.1) is 23.3 Å². The topological polar surface area (TPSA) is 94.3 Å². The minimum Gasteiger partial charge on any atom is -0.383 e. The number of hydrogen-bond acceptors (Lipinski definition) is 6. The molecule has 1 aliphatic heterocycles. The molecule has 33 heavy (non-hydrogen) atoms. The van der Waals surface area contributed by atoms with E-state index in [-0.39, 0.29) is 17.5 Å². The van der Waals surface area contributed by atoms with E-state index >= 15 is 0 Å². The van der Waals surface area contributed by atoms with Gasteiger partial charge in [-0.2, -0.15) is 0 Å². The van der Waals surface area contributed by atoms with E-state index in [0.29, 0.717) is 30.1 Å². The number of benzene rings is 1. The summed E-state index contributed by atoms with van der Waals surface area (Å²) in [6.45, 7) is 3.05. The Bertz CT molecular complexity index is 1350. The number of aromatic nitrogens is 3. The number of thiophene rings is 1. The fourth-order valence-electron chi connectivity index (χ4n) is 4.51. The number of aromatic amines is 2. The molecular weight excluding hydrogens is 438 g/mol. The van der Waals surface area contributed by atoms with Crippen LogP contribution in [0.3, 0.4) is 0 Å². The average molecular weight is 466 g/mol. The van der Waals surface area contributed by atoms with Crippen molar-refractivity contribution in [1.82, 2.24) is 24.8 Å². The van der Waals surface area contributed by atoms with E-state index in [1.54, 1.807) is 7.11 Å². The van der Waals surface area contributed by atoms with Gasteiger partial charge in [-0.05, 0) is 57.2 Å². The summed E-state index contributed by atoms with van der Waals surface area (Å²) in [5, 5.41) is 4.65. The Morgan fingerprint density at radius 1 is 1.21 bits per heavy atom. The predicted octanol–water partition coefficient (Wildman–Crippen LogP) is 3.32. The van der Waals surface area contributed by atoms with Gasteiger partial charge in [-0.25, -0.2) is 4.98 Å². The molecule has 5 rings (SSSR count). The van der Waals surface area contributed by atoms with Crippen molar-refractivity contribution >= 4 is 39.2 Å². The maximum atomic E-state index is 13.5. The van der Waals surface area contributed by atoms with Crippen LogP contribution in [0.5, 0.6) is 0 Å². The molecule has 0 radical (unpaired) electrons. The summed E-state index contributed by atoms with van der Waals surface area (Å²) in [5.74, 6) is 0.0157. The van der Waals surface area contributed by atoms with Crippen LogP contribution in [-0.4, -0.2) is 77.1 Å². The summed E-state index contributed by atoms with van der Waals surface area (Å²) in [4.78, 5) is 41.0. The first kappa shape index (κ1) is 21.8. The molecule has 0 unspecified atom stereocenters.